The van der Waals surface area contributed by atoms with Gasteiger partial charge in [-0.25, -0.2) is 9.59 Å². The van der Waals surface area contributed by atoms with Crippen LogP contribution in [0.3, 0.4) is 0 Å². The normalized spacial score (nSPS) is 20.0. The fourth-order valence-corrected chi connectivity index (χ4v) is 3.47. The zero-order valence-electron chi connectivity index (χ0n) is 15.6. The molecule has 1 saturated heterocycles. The Balaban J connectivity index is 2.06. The molecule has 27 heavy (non-hydrogen) atoms. The van der Waals surface area contributed by atoms with Crippen LogP contribution >= 0.6 is 11.8 Å². The highest BCUT2D eigenvalue weighted by Gasteiger charge is 2.42. The molecule has 1 aromatic carbocycles. The van der Waals surface area contributed by atoms with Crippen molar-refractivity contribution in [1.82, 2.24) is 16.0 Å². The van der Waals surface area contributed by atoms with Gasteiger partial charge in [-0.2, -0.15) is 0 Å². The minimum atomic E-state index is -1.07. The fourth-order valence-electron chi connectivity index (χ4n) is 2.34. The summed E-state index contributed by atoms with van der Waals surface area (Å²) in [6.07, 6.45) is -0.935. The first-order valence-corrected chi connectivity index (χ1v) is 9.48. The van der Waals surface area contributed by atoms with Crippen molar-refractivity contribution in [1.29, 1.82) is 0 Å². The highest BCUT2D eigenvalue weighted by atomic mass is 32.2. The number of urea groups is 1. The van der Waals surface area contributed by atoms with E-state index >= 15 is 0 Å². The molecule has 1 aromatic rings. The van der Waals surface area contributed by atoms with Gasteiger partial charge in [-0.05, 0) is 39.8 Å². The number of imide groups is 1. The van der Waals surface area contributed by atoms with E-state index < -0.39 is 29.6 Å². The quantitative estimate of drug-likeness (QED) is 0.367. The van der Waals surface area contributed by atoms with Crippen molar-refractivity contribution in [3.63, 3.8) is 0 Å². The van der Waals surface area contributed by atoms with E-state index in [9.17, 15) is 19.2 Å². The van der Waals surface area contributed by atoms with E-state index in [0.29, 0.717) is 10.5 Å². The van der Waals surface area contributed by atoms with Crippen molar-refractivity contribution in [2.24, 2.45) is 0 Å². The summed E-state index contributed by atoms with van der Waals surface area (Å²) in [4.78, 5) is 48.3. The number of ether oxygens (including phenoxy) is 1. The summed E-state index contributed by atoms with van der Waals surface area (Å²) in [5, 5.41) is 7.46. The topological polar surface area (TPSA) is 114 Å². The molecule has 0 radical (unpaired) electrons. The molecule has 146 valence electrons. The molecule has 0 aliphatic carbocycles. The highest BCUT2D eigenvalue weighted by molar-refractivity contribution is 7.99. The lowest BCUT2D eigenvalue weighted by Crippen LogP contribution is -2.46. The van der Waals surface area contributed by atoms with Crippen molar-refractivity contribution in [3.8, 4) is 0 Å². The molecule has 0 bridgehead atoms. The Labute approximate surface area is 161 Å². The third-order valence-electron chi connectivity index (χ3n) is 3.82. The number of esters is 1. The van der Waals surface area contributed by atoms with Gasteiger partial charge in [-0.3, -0.25) is 14.9 Å². The first-order chi connectivity index (χ1) is 12.6. The summed E-state index contributed by atoms with van der Waals surface area (Å²) in [5.74, 6) is -1.19. The minimum absolute atomic E-state index is 0.0602. The molecule has 2 atom stereocenters. The molecule has 0 spiro atoms. The number of hydrogen-bond acceptors (Lipinski definition) is 6. The Morgan fingerprint density at radius 2 is 1.89 bits per heavy atom. The summed E-state index contributed by atoms with van der Waals surface area (Å²) >= 11 is 1.25. The lowest BCUT2D eigenvalue weighted by Gasteiger charge is -2.20. The Morgan fingerprint density at radius 3 is 2.48 bits per heavy atom. The molecule has 1 heterocycles. The van der Waals surface area contributed by atoms with E-state index in [2.05, 4.69) is 16.0 Å². The Hall–Kier alpha value is -2.55. The number of carbonyl (C=O) groups is 4. The maximum Gasteiger partial charge on any atom is 0.340 e. The molecular weight excluding hydrogens is 370 g/mol. The van der Waals surface area contributed by atoms with Gasteiger partial charge < -0.3 is 15.4 Å². The van der Waals surface area contributed by atoms with Crippen molar-refractivity contribution in [3.05, 3.63) is 29.8 Å². The van der Waals surface area contributed by atoms with Gasteiger partial charge in [-0.15, -0.1) is 11.8 Å². The summed E-state index contributed by atoms with van der Waals surface area (Å²) in [6, 6.07) is 6.15. The predicted molar refractivity (Wildman–Crippen MR) is 100 cm³/mol. The monoisotopic (exact) mass is 393 g/mol. The lowest BCUT2D eigenvalue weighted by atomic mass is 10.1. The molecule has 0 unspecified atom stereocenters. The molecule has 8 nitrogen and oxygen atoms in total. The zero-order valence-corrected chi connectivity index (χ0v) is 16.4. The summed E-state index contributed by atoms with van der Waals surface area (Å²) < 4.78 is 5.26. The van der Waals surface area contributed by atoms with Gasteiger partial charge in [0, 0.05) is 16.7 Å². The minimum Gasteiger partial charge on any atom is -0.449 e. The maximum absolute atomic E-state index is 12.5. The van der Waals surface area contributed by atoms with Crippen LogP contribution in [0.15, 0.2) is 29.2 Å². The van der Waals surface area contributed by atoms with Crippen LogP contribution in [-0.2, 0) is 14.3 Å². The van der Waals surface area contributed by atoms with Gasteiger partial charge in [0.25, 0.3) is 11.8 Å². The third kappa shape index (κ3) is 5.22. The van der Waals surface area contributed by atoms with E-state index in [1.807, 2.05) is 13.8 Å². The Bertz CT molecular complexity index is 767. The van der Waals surface area contributed by atoms with Crippen LogP contribution in [0.25, 0.3) is 0 Å². The second-order valence-corrected chi connectivity index (χ2v) is 7.75. The van der Waals surface area contributed by atoms with E-state index in [1.165, 1.54) is 18.7 Å². The van der Waals surface area contributed by atoms with Gasteiger partial charge in [-0.1, -0.05) is 12.1 Å². The van der Waals surface area contributed by atoms with Crippen LogP contribution in [0.1, 0.15) is 38.1 Å². The summed E-state index contributed by atoms with van der Waals surface area (Å²) in [7, 11) is 0. The van der Waals surface area contributed by atoms with Crippen LogP contribution in [0.5, 0.6) is 0 Å². The van der Waals surface area contributed by atoms with E-state index in [4.69, 9.17) is 4.74 Å². The van der Waals surface area contributed by atoms with Gasteiger partial charge in [0.15, 0.2) is 6.10 Å². The highest BCUT2D eigenvalue weighted by Crippen LogP contribution is 2.28. The lowest BCUT2D eigenvalue weighted by molar-refractivity contribution is -0.129. The van der Waals surface area contributed by atoms with Crippen LogP contribution < -0.4 is 16.0 Å². The van der Waals surface area contributed by atoms with Gasteiger partial charge in [0.2, 0.25) is 0 Å². The number of thioether (sulfide) groups is 1. The number of carbonyl (C=O) groups excluding carboxylic acids is 4. The van der Waals surface area contributed by atoms with Crippen molar-refractivity contribution in [2.45, 2.75) is 50.3 Å². The van der Waals surface area contributed by atoms with Crippen LogP contribution in [-0.4, -0.2) is 47.3 Å². The average Bonchev–Trinajstić information content (AvgIpc) is 2.85. The largest absolute Gasteiger partial charge is 0.449 e. The van der Waals surface area contributed by atoms with Gasteiger partial charge in [0.1, 0.15) is 5.54 Å². The van der Waals surface area contributed by atoms with E-state index in [0.717, 1.165) is 0 Å². The Kier molecular flexibility index (Phi) is 6.48. The standard InChI is InChI=1S/C18H23N3O5S/c1-10(2)19-14(22)11(3)26-15(23)12-7-5-6-8-13(12)27-9-18(4)16(24)20-17(25)21-18/h5-8,10-11H,9H2,1-4H3,(H,19,22)(H2,20,21,24,25)/t11-,18-/m0/s1. The van der Waals surface area contributed by atoms with Gasteiger partial charge in [0.05, 0.1) is 5.56 Å². The number of rotatable bonds is 7. The first kappa shape index (κ1) is 20.8. The summed E-state index contributed by atoms with van der Waals surface area (Å²) in [6.45, 7) is 6.75. The maximum atomic E-state index is 12.5. The molecule has 0 saturated carbocycles. The van der Waals surface area contributed by atoms with Crippen LogP contribution in [0.2, 0.25) is 0 Å². The first-order valence-electron chi connectivity index (χ1n) is 8.49. The second-order valence-electron chi connectivity index (χ2n) is 6.74. The molecule has 9 heteroatoms. The van der Waals surface area contributed by atoms with Crippen molar-refractivity contribution < 1.29 is 23.9 Å². The predicted octanol–water partition coefficient (Wildman–Crippen LogP) is 1.45. The molecular formula is C18H23N3O5S. The number of benzene rings is 1. The zero-order chi connectivity index (χ0) is 20.2. The molecule has 1 fully saturated rings. The third-order valence-corrected chi connectivity index (χ3v) is 5.21. The number of hydrogen-bond donors (Lipinski definition) is 3. The molecule has 1 aliphatic rings. The molecule has 0 aromatic heterocycles. The van der Waals surface area contributed by atoms with Crippen molar-refractivity contribution in [2.75, 3.05) is 5.75 Å². The molecule has 1 aliphatic heterocycles. The molecule has 3 N–H and O–H groups in total. The fraction of sp³-hybridized carbons (Fsp3) is 0.444. The molecule has 2 rings (SSSR count). The number of amides is 4. The Morgan fingerprint density at radius 1 is 1.22 bits per heavy atom. The van der Waals surface area contributed by atoms with Crippen LogP contribution in [0.4, 0.5) is 4.79 Å². The smallest absolute Gasteiger partial charge is 0.340 e. The second kappa shape index (κ2) is 8.43. The summed E-state index contributed by atoms with van der Waals surface area (Å²) in [5.41, 5.74) is -0.775. The van der Waals surface area contributed by atoms with E-state index in [-0.39, 0.29) is 17.7 Å². The number of nitrogens with one attached hydrogen (secondary N) is 3. The van der Waals surface area contributed by atoms with Gasteiger partial charge >= 0.3 is 12.0 Å². The van der Waals surface area contributed by atoms with E-state index in [1.54, 1.807) is 31.2 Å². The SMILES string of the molecule is CC(C)NC(=O)[C@H](C)OC(=O)c1ccccc1SC[C@]1(C)NC(=O)NC1=O. The van der Waals surface area contributed by atoms with Crippen LogP contribution in [0, 0.1) is 0 Å². The average molecular weight is 393 g/mol. The van der Waals surface area contributed by atoms with Crippen molar-refractivity contribution >= 4 is 35.6 Å². The molecule has 4 amide bonds.